The van der Waals surface area contributed by atoms with Gasteiger partial charge in [0.15, 0.2) is 0 Å². The Morgan fingerprint density at radius 1 is 1.14 bits per heavy atom. The van der Waals surface area contributed by atoms with Crippen molar-refractivity contribution in [2.75, 3.05) is 26.7 Å². The van der Waals surface area contributed by atoms with Crippen molar-refractivity contribution < 1.29 is 18.0 Å². The molecule has 7 nitrogen and oxygen atoms in total. The molecule has 2 aromatic carbocycles. The average molecular weight is 589 g/mol. The maximum Gasteiger partial charge on any atom is 0.250 e. The van der Waals surface area contributed by atoms with Gasteiger partial charge in [0, 0.05) is 29.9 Å². The number of hydrogen-bond donors (Lipinski definition) is 1. The third kappa shape index (κ3) is 6.33. The van der Waals surface area contributed by atoms with E-state index in [-0.39, 0.29) is 16.7 Å². The number of fused-ring (bicyclic) bond motifs is 1. The highest BCUT2D eigenvalue weighted by Gasteiger charge is 2.34. The van der Waals surface area contributed by atoms with Crippen LogP contribution in [0.25, 0.3) is 10.1 Å². The zero-order chi connectivity index (χ0) is 26.0. The van der Waals surface area contributed by atoms with Crippen molar-refractivity contribution in [1.29, 1.82) is 0 Å². The number of sulfonamides is 1. The molecular formula is C24H24Cl3N3O4S2. The number of rotatable bonds is 8. The van der Waals surface area contributed by atoms with E-state index >= 15 is 0 Å². The van der Waals surface area contributed by atoms with Crippen LogP contribution in [0.2, 0.25) is 15.1 Å². The lowest BCUT2D eigenvalue weighted by Gasteiger charge is -2.33. The van der Waals surface area contributed by atoms with Crippen molar-refractivity contribution in [3.05, 3.63) is 63.1 Å². The van der Waals surface area contributed by atoms with Crippen LogP contribution >= 0.6 is 46.1 Å². The second-order valence-electron chi connectivity index (χ2n) is 8.64. The number of nitrogens with zero attached hydrogens (tertiary/aromatic N) is 2. The maximum absolute atomic E-state index is 13.0. The Bertz CT molecular complexity index is 1410. The number of carbonyl (C=O) groups excluding carboxylic acids is 2. The summed E-state index contributed by atoms with van der Waals surface area (Å²) in [6.07, 6.45) is 1.53. The molecule has 0 unspecified atom stereocenters. The quantitative estimate of drug-likeness (QED) is 0.408. The normalized spacial score (nSPS) is 16.5. The highest BCUT2D eigenvalue weighted by atomic mass is 35.5. The van der Waals surface area contributed by atoms with Crippen molar-refractivity contribution in [1.82, 2.24) is 14.5 Å². The zero-order valence-corrected chi connectivity index (χ0v) is 23.2. The number of likely N-dealkylation sites (tertiary alicyclic amines) is 1. The van der Waals surface area contributed by atoms with Gasteiger partial charge in [-0.3, -0.25) is 9.59 Å². The van der Waals surface area contributed by atoms with Gasteiger partial charge in [-0.2, -0.15) is 4.72 Å². The predicted molar refractivity (Wildman–Crippen MR) is 145 cm³/mol. The molecule has 36 heavy (non-hydrogen) atoms. The molecule has 12 heteroatoms. The molecule has 1 saturated heterocycles. The highest BCUT2D eigenvalue weighted by Crippen LogP contribution is 2.31. The minimum absolute atomic E-state index is 0.114. The predicted octanol–water partition coefficient (Wildman–Crippen LogP) is 4.83. The highest BCUT2D eigenvalue weighted by molar-refractivity contribution is 7.91. The van der Waals surface area contributed by atoms with E-state index in [9.17, 15) is 18.0 Å². The first kappa shape index (κ1) is 27.2. The zero-order valence-electron chi connectivity index (χ0n) is 19.3. The lowest BCUT2D eigenvalue weighted by molar-refractivity contribution is -0.142. The topological polar surface area (TPSA) is 86.8 Å². The standard InChI is InChI=1S/C24H24Cl3N3O4S2/c1-29(10-8-15-4-7-18(26)19(27)11-15)22(31)14-30-9-2-3-20(24(30)32)28-36(33,34)23-12-16-5-6-17(25)13-21(16)35-23/h4-7,11-13,20,28H,2-3,8-10,14H2,1H3/t20-/m0/s1. The molecule has 0 radical (unpaired) electrons. The second kappa shape index (κ2) is 11.2. The number of nitrogens with one attached hydrogen (secondary N) is 1. The summed E-state index contributed by atoms with van der Waals surface area (Å²) in [5.41, 5.74) is 0.941. The minimum Gasteiger partial charge on any atom is -0.344 e. The monoisotopic (exact) mass is 587 g/mol. The Balaban J connectivity index is 1.36. The second-order valence-corrected chi connectivity index (χ2v) is 12.9. The van der Waals surface area contributed by atoms with Crippen molar-refractivity contribution >= 4 is 78.1 Å². The molecule has 0 spiro atoms. The number of carbonyl (C=O) groups is 2. The molecule has 0 bridgehead atoms. The summed E-state index contributed by atoms with van der Waals surface area (Å²) < 4.78 is 29.4. The van der Waals surface area contributed by atoms with E-state index in [0.29, 0.717) is 47.4 Å². The largest absolute Gasteiger partial charge is 0.344 e. The molecule has 3 aromatic rings. The van der Waals surface area contributed by atoms with Crippen molar-refractivity contribution in [2.45, 2.75) is 29.5 Å². The van der Waals surface area contributed by atoms with Gasteiger partial charge >= 0.3 is 0 Å². The summed E-state index contributed by atoms with van der Waals surface area (Å²) in [6.45, 7) is 0.714. The Labute approximate surface area is 229 Å². The van der Waals surface area contributed by atoms with Crippen LogP contribution in [0.5, 0.6) is 0 Å². The van der Waals surface area contributed by atoms with Crippen LogP contribution in [-0.2, 0) is 26.0 Å². The summed E-state index contributed by atoms with van der Waals surface area (Å²) in [4.78, 5) is 28.8. The molecule has 1 aliphatic heterocycles. The van der Waals surface area contributed by atoms with E-state index in [1.165, 1.54) is 4.90 Å². The van der Waals surface area contributed by atoms with E-state index in [2.05, 4.69) is 4.72 Å². The number of thiophene rings is 1. The molecule has 4 rings (SSSR count). The minimum atomic E-state index is -3.92. The first-order valence-corrected chi connectivity index (χ1v) is 14.6. The molecule has 0 aliphatic carbocycles. The van der Waals surface area contributed by atoms with Crippen LogP contribution in [0, 0.1) is 0 Å². The van der Waals surface area contributed by atoms with Gasteiger partial charge in [0.05, 0.1) is 16.6 Å². The van der Waals surface area contributed by atoms with Crippen LogP contribution in [-0.4, -0.2) is 62.8 Å². The molecular weight excluding hydrogens is 565 g/mol. The Kier molecular flexibility index (Phi) is 8.49. The lowest BCUT2D eigenvalue weighted by atomic mass is 10.1. The number of piperidine rings is 1. The van der Waals surface area contributed by atoms with Crippen molar-refractivity contribution in [2.24, 2.45) is 0 Å². The van der Waals surface area contributed by atoms with Crippen LogP contribution in [0.4, 0.5) is 0 Å². The van der Waals surface area contributed by atoms with Gasteiger partial charge in [0.25, 0.3) is 10.0 Å². The van der Waals surface area contributed by atoms with Gasteiger partial charge in [-0.15, -0.1) is 11.3 Å². The third-order valence-electron chi connectivity index (χ3n) is 6.02. The van der Waals surface area contributed by atoms with Crippen LogP contribution in [0.1, 0.15) is 18.4 Å². The van der Waals surface area contributed by atoms with Crippen molar-refractivity contribution in [3.63, 3.8) is 0 Å². The van der Waals surface area contributed by atoms with E-state index in [0.717, 1.165) is 27.0 Å². The van der Waals surface area contributed by atoms with Crippen molar-refractivity contribution in [3.8, 4) is 0 Å². The lowest BCUT2D eigenvalue weighted by Crippen LogP contribution is -2.54. The molecule has 1 aromatic heterocycles. The SMILES string of the molecule is CN(CCc1ccc(Cl)c(Cl)c1)C(=O)CN1CCC[C@H](NS(=O)(=O)c2cc3ccc(Cl)cc3s2)C1=O. The molecule has 0 saturated carbocycles. The van der Waals surface area contributed by atoms with Crippen LogP contribution < -0.4 is 4.72 Å². The van der Waals surface area contributed by atoms with Gasteiger partial charge in [0.2, 0.25) is 11.8 Å². The molecule has 1 fully saturated rings. The van der Waals surface area contributed by atoms with E-state index in [4.69, 9.17) is 34.8 Å². The number of likely N-dealkylation sites (N-methyl/N-ethyl adjacent to an activating group) is 1. The van der Waals surface area contributed by atoms with Gasteiger partial charge in [-0.05, 0) is 60.5 Å². The fourth-order valence-corrected chi connectivity index (χ4v) is 7.20. The Morgan fingerprint density at radius 2 is 1.92 bits per heavy atom. The molecule has 1 atom stereocenters. The van der Waals surface area contributed by atoms with Gasteiger partial charge in [0.1, 0.15) is 10.3 Å². The summed E-state index contributed by atoms with van der Waals surface area (Å²) in [5.74, 6) is -0.631. The van der Waals surface area contributed by atoms with E-state index in [1.54, 1.807) is 48.3 Å². The molecule has 2 amide bonds. The fraction of sp³-hybridized carbons (Fsp3) is 0.333. The first-order valence-electron chi connectivity index (χ1n) is 11.2. The maximum atomic E-state index is 13.0. The molecule has 192 valence electrons. The fourth-order valence-electron chi connectivity index (χ4n) is 3.97. The number of benzene rings is 2. The van der Waals surface area contributed by atoms with Crippen LogP contribution in [0.3, 0.4) is 0 Å². The van der Waals surface area contributed by atoms with Gasteiger partial charge in [-0.25, -0.2) is 8.42 Å². The van der Waals surface area contributed by atoms with Gasteiger partial charge in [-0.1, -0.05) is 46.9 Å². The summed E-state index contributed by atoms with van der Waals surface area (Å²) >= 11 is 19.1. The summed E-state index contributed by atoms with van der Waals surface area (Å²) in [5, 5.41) is 2.20. The third-order valence-corrected chi connectivity index (χ3v) is 10.0. The first-order chi connectivity index (χ1) is 17.0. The molecule has 1 aliphatic rings. The van der Waals surface area contributed by atoms with E-state index in [1.807, 2.05) is 6.07 Å². The van der Waals surface area contributed by atoms with E-state index < -0.39 is 22.0 Å². The Morgan fingerprint density at radius 3 is 2.67 bits per heavy atom. The Hall–Kier alpha value is -1.88. The summed E-state index contributed by atoms with van der Waals surface area (Å²) in [6, 6.07) is 11.1. The molecule has 2 heterocycles. The molecule has 1 N–H and O–H groups in total. The number of hydrogen-bond acceptors (Lipinski definition) is 5. The number of amides is 2. The average Bonchev–Trinajstić information content (AvgIpc) is 3.26. The number of halogens is 3. The smallest absolute Gasteiger partial charge is 0.250 e. The summed E-state index contributed by atoms with van der Waals surface area (Å²) in [7, 11) is -2.25. The van der Waals surface area contributed by atoms with Gasteiger partial charge < -0.3 is 9.80 Å². The van der Waals surface area contributed by atoms with Crippen LogP contribution in [0.15, 0.2) is 46.7 Å².